The van der Waals surface area contributed by atoms with Crippen LogP contribution in [0.4, 0.5) is 11.4 Å². The molecule has 1 aliphatic heterocycles. The van der Waals surface area contributed by atoms with E-state index in [-0.39, 0.29) is 5.91 Å². The molecule has 3 heterocycles. The van der Waals surface area contributed by atoms with Crippen molar-refractivity contribution in [3.63, 3.8) is 0 Å². The highest BCUT2D eigenvalue weighted by atomic mass is 16.5. The molecule has 222 valence electrons. The van der Waals surface area contributed by atoms with Gasteiger partial charge < -0.3 is 30.6 Å². The number of methoxy groups -OCH3 is 1. The highest BCUT2D eigenvalue weighted by Gasteiger charge is 2.24. The number of fused-ring (bicyclic) bond motifs is 1. The Hall–Kier alpha value is -4.89. The van der Waals surface area contributed by atoms with E-state index in [4.69, 9.17) is 15.5 Å². The van der Waals surface area contributed by atoms with Gasteiger partial charge in [0.1, 0.15) is 11.4 Å². The van der Waals surface area contributed by atoms with Crippen molar-refractivity contribution in [1.29, 1.82) is 0 Å². The summed E-state index contributed by atoms with van der Waals surface area (Å²) < 4.78 is 6.09. The fourth-order valence-electron chi connectivity index (χ4n) is 5.55. The third-order valence-electron chi connectivity index (χ3n) is 7.95. The van der Waals surface area contributed by atoms with E-state index in [1.165, 1.54) is 11.8 Å². The number of likely N-dealkylation sites (N-methyl/N-ethyl adjacent to an activating group) is 1. The van der Waals surface area contributed by atoms with Crippen molar-refractivity contribution >= 4 is 40.1 Å². The first-order valence-electron chi connectivity index (χ1n) is 14.3. The van der Waals surface area contributed by atoms with Crippen molar-refractivity contribution in [1.82, 2.24) is 14.9 Å². The molecule has 0 unspecified atom stereocenters. The number of aliphatic imine (C=N–C) groups is 1. The van der Waals surface area contributed by atoms with Crippen LogP contribution in [0.15, 0.2) is 72.0 Å². The lowest BCUT2D eigenvalue weighted by atomic mass is 9.95. The number of anilines is 2. The number of carbonyl (C=O) groups is 1. The molecule has 4 aromatic rings. The van der Waals surface area contributed by atoms with Crippen molar-refractivity contribution in [2.75, 3.05) is 57.6 Å². The molecule has 4 N–H and O–H groups in total. The third kappa shape index (κ3) is 5.89. The number of nitrogens with two attached hydrogens (primary N) is 1. The molecular formula is C34H39N7O2. The molecule has 1 amide bonds. The van der Waals surface area contributed by atoms with E-state index in [0.717, 1.165) is 70.6 Å². The summed E-state index contributed by atoms with van der Waals surface area (Å²) in [5.74, 6) is 0.362. The quantitative estimate of drug-likeness (QED) is 0.189. The molecule has 0 atom stereocenters. The van der Waals surface area contributed by atoms with Crippen LogP contribution in [0.1, 0.15) is 18.1 Å². The molecule has 5 rings (SSSR count). The molecule has 1 aliphatic rings. The van der Waals surface area contributed by atoms with Gasteiger partial charge in [-0.2, -0.15) is 0 Å². The van der Waals surface area contributed by atoms with Gasteiger partial charge in [0.05, 0.1) is 18.2 Å². The average molecular weight is 578 g/mol. The van der Waals surface area contributed by atoms with Gasteiger partial charge in [-0.25, -0.2) is 4.98 Å². The van der Waals surface area contributed by atoms with Crippen molar-refractivity contribution in [2.45, 2.75) is 13.8 Å². The second-order valence-electron chi connectivity index (χ2n) is 10.8. The fraction of sp³-hybridized carbons (Fsp3) is 0.265. The van der Waals surface area contributed by atoms with Gasteiger partial charge in [0.25, 0.3) is 0 Å². The topological polar surface area (TPSA) is 112 Å². The number of nitrogens with zero attached hydrogens (tertiary/aromatic N) is 4. The Bertz CT molecular complexity index is 1720. The Morgan fingerprint density at radius 3 is 2.47 bits per heavy atom. The summed E-state index contributed by atoms with van der Waals surface area (Å²) in [7, 11) is 5.52. The van der Waals surface area contributed by atoms with E-state index in [2.05, 4.69) is 63.0 Å². The van der Waals surface area contributed by atoms with Crippen LogP contribution < -0.4 is 20.7 Å². The van der Waals surface area contributed by atoms with Crippen LogP contribution >= 0.6 is 0 Å². The molecule has 0 aliphatic carbocycles. The molecule has 0 radical (unpaired) electrons. The van der Waals surface area contributed by atoms with Gasteiger partial charge in [-0.15, -0.1) is 0 Å². The van der Waals surface area contributed by atoms with Crippen LogP contribution in [0, 0.1) is 6.92 Å². The maximum absolute atomic E-state index is 12.3. The van der Waals surface area contributed by atoms with E-state index in [1.54, 1.807) is 26.6 Å². The zero-order valence-corrected chi connectivity index (χ0v) is 25.5. The first-order valence-corrected chi connectivity index (χ1v) is 14.3. The number of pyridine rings is 1. The predicted molar refractivity (Wildman–Crippen MR) is 178 cm³/mol. The lowest BCUT2D eigenvalue weighted by Crippen LogP contribution is -2.44. The van der Waals surface area contributed by atoms with Crippen molar-refractivity contribution < 1.29 is 9.53 Å². The molecule has 0 bridgehead atoms. The van der Waals surface area contributed by atoms with E-state index in [0.29, 0.717) is 22.8 Å². The number of piperazine rings is 1. The van der Waals surface area contributed by atoms with Gasteiger partial charge in [-0.3, -0.25) is 9.79 Å². The van der Waals surface area contributed by atoms with Gasteiger partial charge in [0.15, 0.2) is 0 Å². The van der Waals surface area contributed by atoms with Crippen LogP contribution in [0.2, 0.25) is 0 Å². The largest absolute Gasteiger partial charge is 0.495 e. The standard InChI is InChI=1S/C34H39N7O2/c1-7-29(42)38-28-18-24(9-8-21(28)2)30-31-33(43-6)27(26(19-36-4)22(3)35)20-37-34(31)39-32(30)23-10-12-25(13-11-23)41-16-14-40(5)15-17-41/h7-13,18-20H,1,14-17,35H2,2-6H3,(H,37,39)(H,38,42)/b26-22+,36-19?. The highest BCUT2D eigenvalue weighted by molar-refractivity contribution is 6.15. The number of aryl methyl sites for hydroxylation is 1. The normalized spacial score (nSPS) is 14.7. The van der Waals surface area contributed by atoms with Gasteiger partial charge in [-0.05, 0) is 61.9 Å². The minimum atomic E-state index is -0.271. The van der Waals surface area contributed by atoms with E-state index in [9.17, 15) is 4.79 Å². The number of hydrogen-bond acceptors (Lipinski definition) is 7. The summed E-state index contributed by atoms with van der Waals surface area (Å²) in [5.41, 5.74) is 15.6. The molecule has 1 fully saturated rings. The minimum absolute atomic E-state index is 0.271. The van der Waals surface area contributed by atoms with E-state index in [1.807, 2.05) is 32.0 Å². The van der Waals surface area contributed by atoms with Crippen LogP contribution in [-0.2, 0) is 4.79 Å². The first-order chi connectivity index (χ1) is 20.7. The van der Waals surface area contributed by atoms with Crippen LogP contribution in [0.3, 0.4) is 0 Å². The maximum atomic E-state index is 12.3. The number of H-pyrrole nitrogens is 1. The monoisotopic (exact) mass is 577 g/mol. The highest BCUT2D eigenvalue weighted by Crippen LogP contribution is 2.45. The summed E-state index contributed by atoms with van der Waals surface area (Å²) >= 11 is 0. The lowest BCUT2D eigenvalue weighted by molar-refractivity contribution is -0.111. The molecular weight excluding hydrogens is 538 g/mol. The zero-order chi connectivity index (χ0) is 30.7. The van der Waals surface area contributed by atoms with Crippen LogP contribution in [0.25, 0.3) is 39.0 Å². The predicted octanol–water partition coefficient (Wildman–Crippen LogP) is 5.48. The summed E-state index contributed by atoms with van der Waals surface area (Å²) in [4.78, 5) is 29.6. The van der Waals surface area contributed by atoms with Crippen molar-refractivity contribution in [3.05, 3.63) is 78.1 Å². The maximum Gasteiger partial charge on any atom is 0.247 e. The number of carbonyl (C=O) groups excluding carboxylic acids is 1. The Labute approximate surface area is 252 Å². The minimum Gasteiger partial charge on any atom is -0.495 e. The number of hydrogen-bond donors (Lipinski definition) is 3. The molecule has 1 saturated heterocycles. The first kappa shape index (κ1) is 29.6. The fourth-order valence-corrected chi connectivity index (χ4v) is 5.55. The smallest absolute Gasteiger partial charge is 0.247 e. The van der Waals surface area contributed by atoms with E-state index >= 15 is 0 Å². The van der Waals surface area contributed by atoms with Crippen molar-refractivity contribution in [2.24, 2.45) is 10.7 Å². The molecule has 0 spiro atoms. The number of benzene rings is 2. The second-order valence-corrected chi connectivity index (χ2v) is 10.8. The summed E-state index contributed by atoms with van der Waals surface area (Å²) in [5, 5.41) is 3.75. The average Bonchev–Trinajstić information content (AvgIpc) is 3.40. The number of aromatic nitrogens is 2. The Morgan fingerprint density at radius 1 is 1.14 bits per heavy atom. The second kappa shape index (κ2) is 12.5. The van der Waals surface area contributed by atoms with Gasteiger partial charge in [-0.1, -0.05) is 30.8 Å². The Morgan fingerprint density at radius 2 is 1.84 bits per heavy atom. The number of rotatable bonds is 8. The van der Waals surface area contributed by atoms with Crippen LogP contribution in [0.5, 0.6) is 5.75 Å². The van der Waals surface area contributed by atoms with Gasteiger partial charge in [0.2, 0.25) is 5.91 Å². The Balaban J connectivity index is 1.74. The molecule has 2 aromatic carbocycles. The summed E-state index contributed by atoms with van der Waals surface area (Å²) in [6.45, 7) is 11.5. The molecule has 0 saturated carbocycles. The molecule has 9 nitrogen and oxygen atoms in total. The van der Waals surface area contributed by atoms with Gasteiger partial charge in [0, 0.05) is 79.4 Å². The van der Waals surface area contributed by atoms with E-state index < -0.39 is 0 Å². The molecule has 2 aromatic heterocycles. The third-order valence-corrected chi connectivity index (χ3v) is 7.95. The summed E-state index contributed by atoms with van der Waals surface area (Å²) in [6.07, 6.45) is 4.75. The van der Waals surface area contributed by atoms with Gasteiger partial charge >= 0.3 is 0 Å². The molecule has 9 heteroatoms. The van der Waals surface area contributed by atoms with Crippen molar-refractivity contribution in [3.8, 4) is 28.1 Å². The number of nitrogens with one attached hydrogen (secondary N) is 2. The Kier molecular flexibility index (Phi) is 8.63. The zero-order valence-electron chi connectivity index (χ0n) is 25.5. The number of allylic oxidation sites excluding steroid dienone is 2. The summed E-state index contributed by atoms with van der Waals surface area (Å²) in [6, 6.07) is 14.7. The lowest BCUT2D eigenvalue weighted by Gasteiger charge is -2.34. The number of ether oxygens (including phenoxy) is 1. The molecule has 43 heavy (non-hydrogen) atoms. The number of aromatic amines is 1. The number of amides is 1. The SMILES string of the molecule is C=CC(=O)Nc1cc(-c2c(-c3ccc(N4CCN(C)CC4)cc3)[nH]c3ncc(/C(C=NC)=C(\C)N)c(OC)c23)ccc1C. The van der Waals surface area contributed by atoms with Crippen LogP contribution in [-0.4, -0.2) is 74.4 Å².